The molecule has 0 unspecified atom stereocenters. The second-order valence-corrected chi connectivity index (χ2v) is 10.5. The SMILES string of the molecule is CC(C)CNCc1cccc(-c2ccc3nc(-c4cccc(Cl)c4)n(CC(=O)NC(C)C)c(=O)c3c2)c1. The molecule has 1 heterocycles. The number of rotatable bonds is 9. The fraction of sp³-hybridized carbons (Fsp3) is 0.300. The number of nitrogens with zero attached hydrogens (tertiary/aromatic N) is 2. The quantitative estimate of drug-likeness (QED) is 0.301. The largest absolute Gasteiger partial charge is 0.352 e. The van der Waals surface area contributed by atoms with Crippen LogP contribution >= 0.6 is 11.6 Å². The van der Waals surface area contributed by atoms with Crippen molar-refractivity contribution in [3.63, 3.8) is 0 Å². The maximum Gasteiger partial charge on any atom is 0.262 e. The standard InChI is InChI=1S/C30H33ClN4O2/c1-19(2)16-32-17-21-7-5-8-22(13-21)23-11-12-27-26(15-23)30(37)35(18-28(36)33-20(3)4)29(34-27)24-9-6-10-25(31)14-24/h5-15,19-20,32H,16-18H2,1-4H3,(H,33,36). The summed E-state index contributed by atoms with van der Waals surface area (Å²) in [6.45, 7) is 9.73. The maximum absolute atomic E-state index is 13.8. The van der Waals surface area contributed by atoms with Crippen LogP contribution in [-0.4, -0.2) is 28.0 Å². The van der Waals surface area contributed by atoms with Crippen molar-refractivity contribution in [2.24, 2.45) is 5.92 Å². The van der Waals surface area contributed by atoms with Crippen molar-refractivity contribution in [2.45, 2.75) is 46.8 Å². The van der Waals surface area contributed by atoms with Crippen molar-refractivity contribution in [3.05, 3.63) is 87.7 Å². The maximum atomic E-state index is 13.8. The predicted molar refractivity (Wildman–Crippen MR) is 152 cm³/mol. The fourth-order valence-electron chi connectivity index (χ4n) is 4.27. The number of amides is 1. The first kappa shape index (κ1) is 26.6. The second-order valence-electron chi connectivity index (χ2n) is 10.0. The number of hydrogen-bond acceptors (Lipinski definition) is 4. The van der Waals surface area contributed by atoms with Crippen molar-refractivity contribution in [3.8, 4) is 22.5 Å². The Morgan fingerprint density at radius 1 is 0.946 bits per heavy atom. The number of carbonyl (C=O) groups is 1. The summed E-state index contributed by atoms with van der Waals surface area (Å²) in [7, 11) is 0. The van der Waals surface area contributed by atoms with E-state index in [2.05, 4.69) is 36.6 Å². The Morgan fingerprint density at radius 2 is 1.68 bits per heavy atom. The van der Waals surface area contributed by atoms with Crippen LogP contribution in [0.1, 0.15) is 33.3 Å². The van der Waals surface area contributed by atoms with Crippen LogP contribution in [0.4, 0.5) is 0 Å². The number of halogens is 1. The van der Waals surface area contributed by atoms with Gasteiger partial charge in [0.25, 0.3) is 5.56 Å². The number of fused-ring (bicyclic) bond motifs is 1. The van der Waals surface area contributed by atoms with Gasteiger partial charge in [-0.25, -0.2) is 4.98 Å². The average Bonchev–Trinajstić information content (AvgIpc) is 2.85. The lowest BCUT2D eigenvalue weighted by Gasteiger charge is -2.16. The predicted octanol–water partition coefficient (Wildman–Crippen LogP) is 5.65. The van der Waals surface area contributed by atoms with Crippen LogP contribution in [-0.2, 0) is 17.9 Å². The minimum absolute atomic E-state index is 0.0415. The van der Waals surface area contributed by atoms with Gasteiger partial charge < -0.3 is 10.6 Å². The third-order valence-electron chi connectivity index (χ3n) is 5.93. The smallest absolute Gasteiger partial charge is 0.262 e. The van der Waals surface area contributed by atoms with Crippen LogP contribution in [0.25, 0.3) is 33.4 Å². The lowest BCUT2D eigenvalue weighted by molar-refractivity contribution is -0.122. The Hall–Kier alpha value is -3.48. The van der Waals surface area contributed by atoms with Gasteiger partial charge in [-0.1, -0.05) is 61.8 Å². The Balaban J connectivity index is 1.78. The third kappa shape index (κ3) is 6.64. The zero-order valence-corrected chi connectivity index (χ0v) is 22.5. The summed E-state index contributed by atoms with van der Waals surface area (Å²) in [4.78, 5) is 31.3. The Morgan fingerprint density at radius 3 is 2.41 bits per heavy atom. The van der Waals surface area contributed by atoms with Gasteiger partial charge in [-0.05, 0) is 73.3 Å². The molecule has 1 amide bonds. The van der Waals surface area contributed by atoms with Crippen LogP contribution in [0.3, 0.4) is 0 Å². The van der Waals surface area contributed by atoms with Crippen molar-refractivity contribution in [1.29, 1.82) is 0 Å². The van der Waals surface area contributed by atoms with E-state index in [1.807, 2.05) is 50.2 Å². The molecule has 0 radical (unpaired) electrons. The third-order valence-corrected chi connectivity index (χ3v) is 6.17. The number of nitrogens with one attached hydrogen (secondary N) is 2. The van der Waals surface area contributed by atoms with Crippen molar-refractivity contribution in [1.82, 2.24) is 20.2 Å². The van der Waals surface area contributed by atoms with E-state index in [4.69, 9.17) is 16.6 Å². The van der Waals surface area contributed by atoms with Gasteiger partial charge in [0.15, 0.2) is 0 Å². The lowest BCUT2D eigenvalue weighted by atomic mass is 10.0. The normalized spacial score (nSPS) is 11.4. The molecule has 0 aliphatic rings. The monoisotopic (exact) mass is 516 g/mol. The minimum Gasteiger partial charge on any atom is -0.352 e. The molecule has 2 N–H and O–H groups in total. The summed E-state index contributed by atoms with van der Waals surface area (Å²) in [6, 6.07) is 21.1. The highest BCUT2D eigenvalue weighted by Gasteiger charge is 2.17. The van der Waals surface area contributed by atoms with E-state index in [-0.39, 0.29) is 24.1 Å². The Kier molecular flexibility index (Phi) is 8.41. The second kappa shape index (κ2) is 11.7. The molecule has 3 aromatic carbocycles. The van der Waals surface area contributed by atoms with Crippen LogP contribution in [0.2, 0.25) is 5.02 Å². The van der Waals surface area contributed by atoms with Gasteiger partial charge in [-0.15, -0.1) is 0 Å². The van der Waals surface area contributed by atoms with Crippen LogP contribution in [0, 0.1) is 5.92 Å². The highest BCUT2D eigenvalue weighted by molar-refractivity contribution is 6.30. The number of carbonyl (C=O) groups excluding carboxylic acids is 1. The Labute approximate surface area is 222 Å². The summed E-state index contributed by atoms with van der Waals surface area (Å²) in [5.41, 5.74) is 4.10. The highest BCUT2D eigenvalue weighted by atomic mass is 35.5. The molecule has 0 spiro atoms. The minimum atomic E-state index is -0.268. The zero-order valence-electron chi connectivity index (χ0n) is 21.7. The van der Waals surface area contributed by atoms with Gasteiger partial charge in [0.1, 0.15) is 12.4 Å². The molecule has 0 fully saturated rings. The van der Waals surface area contributed by atoms with Gasteiger partial charge in [0, 0.05) is 23.2 Å². The van der Waals surface area contributed by atoms with E-state index in [1.165, 1.54) is 10.1 Å². The van der Waals surface area contributed by atoms with Crippen molar-refractivity contribution >= 4 is 28.4 Å². The van der Waals surface area contributed by atoms with E-state index >= 15 is 0 Å². The fourth-order valence-corrected chi connectivity index (χ4v) is 4.46. The Bertz CT molecular complexity index is 1480. The van der Waals surface area contributed by atoms with Gasteiger partial charge in [0.2, 0.25) is 5.91 Å². The number of aromatic nitrogens is 2. The van der Waals surface area contributed by atoms with Gasteiger partial charge in [-0.3, -0.25) is 14.2 Å². The summed E-state index contributed by atoms with van der Waals surface area (Å²) in [6.07, 6.45) is 0. The first-order chi connectivity index (χ1) is 17.7. The van der Waals surface area contributed by atoms with E-state index in [0.717, 1.165) is 24.2 Å². The summed E-state index contributed by atoms with van der Waals surface area (Å²) >= 11 is 6.23. The topological polar surface area (TPSA) is 76.0 Å². The first-order valence-corrected chi connectivity index (χ1v) is 13.0. The molecule has 0 saturated heterocycles. The molecule has 192 valence electrons. The number of hydrogen-bond donors (Lipinski definition) is 2. The molecule has 0 aliphatic heterocycles. The van der Waals surface area contributed by atoms with E-state index in [0.29, 0.717) is 33.2 Å². The molecule has 0 atom stereocenters. The molecule has 4 aromatic rings. The number of benzene rings is 3. The van der Waals surface area contributed by atoms with Gasteiger partial charge in [0.05, 0.1) is 10.9 Å². The molecular weight excluding hydrogens is 484 g/mol. The molecule has 0 bridgehead atoms. The first-order valence-electron chi connectivity index (χ1n) is 12.6. The van der Waals surface area contributed by atoms with Crippen molar-refractivity contribution < 1.29 is 4.79 Å². The van der Waals surface area contributed by atoms with Gasteiger partial charge in [-0.2, -0.15) is 0 Å². The average molecular weight is 517 g/mol. The molecule has 1 aromatic heterocycles. The molecule has 7 heteroatoms. The zero-order chi connectivity index (χ0) is 26.5. The van der Waals surface area contributed by atoms with E-state index in [9.17, 15) is 9.59 Å². The summed E-state index contributed by atoms with van der Waals surface area (Å²) in [5, 5.41) is 7.33. The summed E-state index contributed by atoms with van der Waals surface area (Å²) < 4.78 is 1.43. The molecule has 37 heavy (non-hydrogen) atoms. The summed E-state index contributed by atoms with van der Waals surface area (Å²) in [5.74, 6) is 0.738. The highest BCUT2D eigenvalue weighted by Crippen LogP contribution is 2.26. The molecule has 0 aliphatic carbocycles. The molecule has 0 saturated carbocycles. The molecular formula is C30H33ClN4O2. The van der Waals surface area contributed by atoms with Crippen LogP contribution < -0.4 is 16.2 Å². The molecule has 6 nitrogen and oxygen atoms in total. The van der Waals surface area contributed by atoms with E-state index < -0.39 is 0 Å². The lowest BCUT2D eigenvalue weighted by Crippen LogP contribution is -2.37. The molecule has 4 rings (SSSR count). The van der Waals surface area contributed by atoms with Crippen molar-refractivity contribution in [2.75, 3.05) is 6.54 Å². The van der Waals surface area contributed by atoms with E-state index in [1.54, 1.807) is 18.2 Å². The van der Waals surface area contributed by atoms with Crippen LogP contribution in [0.15, 0.2) is 71.5 Å². The van der Waals surface area contributed by atoms with Crippen LogP contribution in [0.5, 0.6) is 0 Å². The van der Waals surface area contributed by atoms with Gasteiger partial charge >= 0.3 is 0 Å².